The van der Waals surface area contributed by atoms with Crippen molar-refractivity contribution < 1.29 is 4.79 Å². The molecule has 1 saturated heterocycles. The maximum atomic E-state index is 11.8. The molecule has 2 rings (SSSR count). The lowest BCUT2D eigenvalue weighted by Crippen LogP contribution is -2.34. The van der Waals surface area contributed by atoms with Gasteiger partial charge in [0.05, 0.1) is 6.54 Å². The van der Waals surface area contributed by atoms with Gasteiger partial charge < -0.3 is 10.6 Å². The maximum absolute atomic E-state index is 11.8. The van der Waals surface area contributed by atoms with Crippen LogP contribution in [0.4, 0.5) is 5.69 Å². The minimum atomic E-state index is 0.237. The molecule has 2 N–H and O–H groups in total. The molecule has 0 aliphatic carbocycles. The number of nitrogen functional groups attached to an aromatic ring is 1. The largest absolute Gasteiger partial charge is 0.399 e. The Morgan fingerprint density at radius 1 is 1.32 bits per heavy atom. The first kappa shape index (κ1) is 13.9. The first-order valence-electron chi connectivity index (χ1n) is 6.96. The van der Waals surface area contributed by atoms with E-state index < -0.39 is 0 Å². The minimum absolute atomic E-state index is 0.237. The van der Waals surface area contributed by atoms with E-state index in [1.54, 1.807) is 0 Å². The van der Waals surface area contributed by atoms with Crippen molar-refractivity contribution in [3.05, 3.63) is 29.8 Å². The molecule has 0 bridgehead atoms. The summed E-state index contributed by atoms with van der Waals surface area (Å²) in [5.41, 5.74) is 7.87. The van der Waals surface area contributed by atoms with E-state index in [0.717, 1.165) is 44.6 Å². The summed E-state index contributed by atoms with van der Waals surface area (Å²) in [7, 11) is 1.89. The van der Waals surface area contributed by atoms with Crippen LogP contribution in [0.5, 0.6) is 0 Å². The second-order valence-corrected chi connectivity index (χ2v) is 5.29. The number of anilines is 1. The standard InChI is InChI=1S/C15H23N3O/c1-17-8-4-10-18(12-15(17)19)9-3-6-13-5-2-7-14(16)11-13/h2,5,7,11H,3-4,6,8-10,12,16H2,1H3. The highest BCUT2D eigenvalue weighted by Crippen LogP contribution is 2.10. The highest BCUT2D eigenvalue weighted by atomic mass is 16.2. The molecule has 1 aliphatic heterocycles. The third kappa shape index (κ3) is 4.24. The van der Waals surface area contributed by atoms with Crippen molar-refractivity contribution in [2.75, 3.05) is 39.0 Å². The molecule has 4 heteroatoms. The molecule has 0 saturated carbocycles. The summed E-state index contributed by atoms with van der Waals surface area (Å²) in [6.45, 7) is 3.44. The Bertz CT molecular complexity index is 433. The molecule has 104 valence electrons. The lowest BCUT2D eigenvalue weighted by atomic mass is 10.1. The zero-order valence-corrected chi connectivity index (χ0v) is 11.6. The second kappa shape index (κ2) is 6.57. The van der Waals surface area contributed by atoms with Crippen LogP contribution in [0.15, 0.2) is 24.3 Å². The summed E-state index contributed by atoms with van der Waals surface area (Å²) in [4.78, 5) is 15.9. The number of amides is 1. The Balaban J connectivity index is 1.77. The van der Waals surface area contributed by atoms with Crippen molar-refractivity contribution in [2.24, 2.45) is 0 Å². The van der Waals surface area contributed by atoms with Crippen molar-refractivity contribution in [1.29, 1.82) is 0 Å². The van der Waals surface area contributed by atoms with E-state index >= 15 is 0 Å². The van der Waals surface area contributed by atoms with Crippen LogP contribution < -0.4 is 5.73 Å². The normalized spacial score (nSPS) is 17.5. The summed E-state index contributed by atoms with van der Waals surface area (Å²) in [5.74, 6) is 0.237. The minimum Gasteiger partial charge on any atom is -0.399 e. The monoisotopic (exact) mass is 261 g/mol. The van der Waals surface area contributed by atoms with Gasteiger partial charge in [-0.1, -0.05) is 12.1 Å². The lowest BCUT2D eigenvalue weighted by molar-refractivity contribution is -0.129. The number of nitrogens with zero attached hydrogens (tertiary/aromatic N) is 2. The van der Waals surface area contributed by atoms with Gasteiger partial charge in [0.15, 0.2) is 0 Å². The number of rotatable bonds is 4. The Morgan fingerprint density at radius 3 is 2.95 bits per heavy atom. The second-order valence-electron chi connectivity index (χ2n) is 5.29. The molecule has 1 amide bonds. The van der Waals surface area contributed by atoms with Gasteiger partial charge in [0.25, 0.3) is 0 Å². The molecule has 19 heavy (non-hydrogen) atoms. The fourth-order valence-corrected chi connectivity index (χ4v) is 2.49. The molecular formula is C15H23N3O. The average molecular weight is 261 g/mol. The van der Waals surface area contributed by atoms with Crippen LogP contribution in [0.2, 0.25) is 0 Å². The first-order valence-corrected chi connectivity index (χ1v) is 6.96. The number of carbonyl (C=O) groups is 1. The molecule has 4 nitrogen and oxygen atoms in total. The van der Waals surface area contributed by atoms with Crippen LogP contribution in [-0.4, -0.2) is 48.9 Å². The molecule has 0 radical (unpaired) electrons. The zero-order valence-electron chi connectivity index (χ0n) is 11.6. The van der Waals surface area contributed by atoms with Crippen LogP contribution in [0.1, 0.15) is 18.4 Å². The first-order chi connectivity index (χ1) is 9.15. The van der Waals surface area contributed by atoms with Crippen molar-refractivity contribution in [2.45, 2.75) is 19.3 Å². The van der Waals surface area contributed by atoms with Gasteiger partial charge in [-0.3, -0.25) is 9.69 Å². The molecule has 1 aromatic rings. The molecule has 0 unspecified atom stereocenters. The van der Waals surface area contributed by atoms with Gasteiger partial charge in [0.2, 0.25) is 5.91 Å². The highest BCUT2D eigenvalue weighted by molar-refractivity contribution is 5.78. The predicted octanol–water partition coefficient (Wildman–Crippen LogP) is 1.37. The maximum Gasteiger partial charge on any atom is 0.236 e. The third-order valence-electron chi connectivity index (χ3n) is 3.64. The summed E-state index contributed by atoms with van der Waals surface area (Å²) in [6.07, 6.45) is 3.16. The van der Waals surface area contributed by atoms with Gasteiger partial charge >= 0.3 is 0 Å². The van der Waals surface area contributed by atoms with E-state index in [2.05, 4.69) is 11.0 Å². The fraction of sp³-hybridized carbons (Fsp3) is 0.533. The SMILES string of the molecule is CN1CCCN(CCCc2cccc(N)c2)CC1=O. The van der Waals surface area contributed by atoms with Crippen LogP contribution in [-0.2, 0) is 11.2 Å². The summed E-state index contributed by atoms with van der Waals surface area (Å²) in [5, 5.41) is 0. The van der Waals surface area contributed by atoms with E-state index in [4.69, 9.17) is 5.73 Å². The van der Waals surface area contributed by atoms with Crippen LogP contribution in [0.3, 0.4) is 0 Å². The van der Waals surface area contributed by atoms with E-state index in [0.29, 0.717) is 6.54 Å². The van der Waals surface area contributed by atoms with Crippen molar-refractivity contribution in [1.82, 2.24) is 9.80 Å². The van der Waals surface area contributed by atoms with E-state index in [9.17, 15) is 4.79 Å². The molecule has 0 aromatic heterocycles. The molecule has 1 fully saturated rings. The topological polar surface area (TPSA) is 49.6 Å². The van der Waals surface area contributed by atoms with Gasteiger partial charge in [0, 0.05) is 25.8 Å². The quantitative estimate of drug-likeness (QED) is 0.833. The number of benzene rings is 1. The summed E-state index contributed by atoms with van der Waals surface area (Å²) >= 11 is 0. The summed E-state index contributed by atoms with van der Waals surface area (Å²) in [6, 6.07) is 8.04. The Kier molecular flexibility index (Phi) is 4.80. The van der Waals surface area contributed by atoms with Crippen molar-refractivity contribution in [3.8, 4) is 0 Å². The highest BCUT2D eigenvalue weighted by Gasteiger charge is 2.18. The van der Waals surface area contributed by atoms with E-state index in [1.807, 2.05) is 30.1 Å². The third-order valence-corrected chi connectivity index (χ3v) is 3.64. The smallest absolute Gasteiger partial charge is 0.236 e. The van der Waals surface area contributed by atoms with Gasteiger partial charge in [-0.15, -0.1) is 0 Å². The molecule has 1 aromatic carbocycles. The van der Waals surface area contributed by atoms with Crippen molar-refractivity contribution >= 4 is 11.6 Å². The molecule has 1 heterocycles. The average Bonchev–Trinajstić information content (AvgIpc) is 2.52. The Hall–Kier alpha value is -1.55. The number of hydrogen-bond acceptors (Lipinski definition) is 3. The van der Waals surface area contributed by atoms with E-state index in [1.165, 1.54) is 5.56 Å². The number of aryl methyl sites for hydroxylation is 1. The molecular weight excluding hydrogens is 238 g/mol. The Labute approximate surface area is 115 Å². The van der Waals surface area contributed by atoms with Crippen molar-refractivity contribution in [3.63, 3.8) is 0 Å². The van der Waals surface area contributed by atoms with Crippen LogP contribution in [0, 0.1) is 0 Å². The number of nitrogens with two attached hydrogens (primary N) is 1. The Morgan fingerprint density at radius 2 is 2.16 bits per heavy atom. The van der Waals surface area contributed by atoms with Gasteiger partial charge in [-0.25, -0.2) is 0 Å². The number of carbonyl (C=O) groups excluding carboxylic acids is 1. The molecule has 0 spiro atoms. The predicted molar refractivity (Wildman–Crippen MR) is 77.9 cm³/mol. The number of hydrogen-bond donors (Lipinski definition) is 1. The van der Waals surface area contributed by atoms with Gasteiger partial charge in [-0.05, 0) is 43.5 Å². The molecule has 1 aliphatic rings. The van der Waals surface area contributed by atoms with Gasteiger partial charge in [0.1, 0.15) is 0 Å². The summed E-state index contributed by atoms with van der Waals surface area (Å²) < 4.78 is 0. The molecule has 0 atom stereocenters. The van der Waals surface area contributed by atoms with Crippen LogP contribution in [0.25, 0.3) is 0 Å². The van der Waals surface area contributed by atoms with Crippen LogP contribution >= 0.6 is 0 Å². The van der Waals surface area contributed by atoms with E-state index in [-0.39, 0.29) is 5.91 Å². The zero-order chi connectivity index (χ0) is 13.7. The lowest BCUT2D eigenvalue weighted by Gasteiger charge is -2.19. The number of likely N-dealkylation sites (N-methyl/N-ethyl adjacent to an activating group) is 1. The fourth-order valence-electron chi connectivity index (χ4n) is 2.49. The van der Waals surface area contributed by atoms with Gasteiger partial charge in [-0.2, -0.15) is 0 Å².